The number of likely N-dealkylation sites (tertiary alicyclic amines) is 1. The van der Waals surface area contributed by atoms with Crippen molar-refractivity contribution in [2.75, 3.05) is 31.5 Å². The van der Waals surface area contributed by atoms with E-state index in [4.69, 9.17) is 0 Å². The van der Waals surface area contributed by atoms with Gasteiger partial charge in [-0.3, -0.25) is 10.1 Å². The maximum Gasteiger partial charge on any atom is 0.270 e. The number of nitro groups is 1. The van der Waals surface area contributed by atoms with Gasteiger partial charge in [0.15, 0.2) is 5.13 Å². The Kier molecular flexibility index (Phi) is 4.54. The van der Waals surface area contributed by atoms with Crippen molar-refractivity contribution in [3.63, 3.8) is 0 Å². The lowest BCUT2D eigenvalue weighted by Gasteiger charge is -2.30. The molecule has 3 rings (SSSR count). The Morgan fingerprint density at radius 3 is 3.18 bits per heavy atom. The molecular weight excluding hydrogens is 300 g/mol. The molecule has 118 valence electrons. The van der Waals surface area contributed by atoms with E-state index in [0.29, 0.717) is 0 Å². The van der Waals surface area contributed by atoms with E-state index in [1.165, 1.54) is 43.3 Å². The summed E-state index contributed by atoms with van der Waals surface area (Å²) in [5.41, 5.74) is 0.926. The van der Waals surface area contributed by atoms with Crippen LogP contribution in [0, 0.1) is 16.0 Å². The summed E-state index contributed by atoms with van der Waals surface area (Å²) >= 11 is 1.47. The zero-order valence-corrected chi connectivity index (χ0v) is 13.4. The molecule has 0 aliphatic carbocycles. The van der Waals surface area contributed by atoms with Crippen LogP contribution in [0.15, 0.2) is 18.2 Å². The lowest BCUT2D eigenvalue weighted by atomic mass is 10.0. The summed E-state index contributed by atoms with van der Waals surface area (Å²) < 4.78 is 0.850. The Bertz CT molecular complexity index is 673. The molecular formula is C15H20N4O2S. The molecule has 1 aliphatic heterocycles. The first-order valence-electron chi connectivity index (χ1n) is 7.63. The molecule has 1 N–H and O–H groups in total. The van der Waals surface area contributed by atoms with Gasteiger partial charge in [0, 0.05) is 31.8 Å². The zero-order valence-electron chi connectivity index (χ0n) is 12.6. The van der Waals surface area contributed by atoms with Gasteiger partial charge in [-0.25, -0.2) is 4.98 Å². The van der Waals surface area contributed by atoms with Gasteiger partial charge in [0.1, 0.15) is 0 Å². The van der Waals surface area contributed by atoms with Crippen molar-refractivity contribution in [2.24, 2.45) is 5.92 Å². The van der Waals surface area contributed by atoms with Crippen LogP contribution in [0.1, 0.15) is 19.8 Å². The summed E-state index contributed by atoms with van der Waals surface area (Å²) in [4.78, 5) is 17.4. The van der Waals surface area contributed by atoms with E-state index in [9.17, 15) is 10.1 Å². The van der Waals surface area contributed by atoms with E-state index >= 15 is 0 Å². The number of nitrogens with one attached hydrogen (secondary N) is 1. The highest BCUT2D eigenvalue weighted by atomic mass is 32.1. The Labute approximate surface area is 133 Å². The van der Waals surface area contributed by atoms with Crippen molar-refractivity contribution in [2.45, 2.75) is 19.8 Å². The Morgan fingerprint density at radius 1 is 1.55 bits per heavy atom. The Balaban J connectivity index is 1.58. The van der Waals surface area contributed by atoms with Gasteiger partial charge in [-0.2, -0.15) is 0 Å². The summed E-state index contributed by atoms with van der Waals surface area (Å²) in [7, 11) is 0. The van der Waals surface area contributed by atoms with Crippen molar-refractivity contribution in [1.82, 2.24) is 9.88 Å². The standard InChI is InChI=1S/C15H20N4O2S/c1-11-3-2-7-18(10-11)8-6-16-15-17-13-5-4-12(19(20)21)9-14(13)22-15/h4-5,9,11H,2-3,6-8,10H2,1H3,(H,16,17). The first kappa shape index (κ1) is 15.2. The Morgan fingerprint density at radius 2 is 2.41 bits per heavy atom. The van der Waals surface area contributed by atoms with Crippen LogP contribution >= 0.6 is 11.3 Å². The number of hydrogen-bond acceptors (Lipinski definition) is 6. The fraction of sp³-hybridized carbons (Fsp3) is 0.533. The number of nitro benzene ring substituents is 1. The van der Waals surface area contributed by atoms with Gasteiger partial charge in [-0.05, 0) is 31.4 Å². The lowest BCUT2D eigenvalue weighted by Crippen LogP contribution is -2.37. The lowest BCUT2D eigenvalue weighted by molar-refractivity contribution is -0.384. The number of rotatable bonds is 5. The molecule has 1 saturated heterocycles. The fourth-order valence-corrected chi connectivity index (χ4v) is 3.84. The average Bonchev–Trinajstić information content (AvgIpc) is 2.89. The molecule has 0 saturated carbocycles. The highest BCUT2D eigenvalue weighted by molar-refractivity contribution is 7.22. The molecule has 1 aliphatic rings. The van der Waals surface area contributed by atoms with Crippen LogP contribution in [0.2, 0.25) is 0 Å². The summed E-state index contributed by atoms with van der Waals surface area (Å²) in [5, 5.41) is 15.0. The van der Waals surface area contributed by atoms with Crippen LogP contribution < -0.4 is 5.32 Å². The van der Waals surface area contributed by atoms with E-state index in [1.807, 2.05) is 0 Å². The maximum atomic E-state index is 10.8. The molecule has 1 aromatic carbocycles. The minimum atomic E-state index is -0.371. The number of fused-ring (bicyclic) bond motifs is 1. The molecule has 0 amide bonds. The molecule has 1 atom stereocenters. The summed E-state index contributed by atoms with van der Waals surface area (Å²) in [5.74, 6) is 0.789. The average molecular weight is 320 g/mol. The fourth-order valence-electron chi connectivity index (χ4n) is 2.91. The molecule has 0 spiro atoms. The van der Waals surface area contributed by atoms with Gasteiger partial charge in [0.2, 0.25) is 0 Å². The van der Waals surface area contributed by atoms with Crippen molar-refractivity contribution in [1.29, 1.82) is 0 Å². The topological polar surface area (TPSA) is 71.3 Å². The highest BCUT2D eigenvalue weighted by Crippen LogP contribution is 2.29. The molecule has 1 aromatic heterocycles. The third-order valence-electron chi connectivity index (χ3n) is 4.03. The van der Waals surface area contributed by atoms with Crippen LogP contribution in [-0.2, 0) is 0 Å². The molecule has 7 heteroatoms. The Hall–Kier alpha value is -1.73. The number of thiazole rings is 1. The van der Waals surface area contributed by atoms with E-state index in [2.05, 4.69) is 22.1 Å². The first-order valence-corrected chi connectivity index (χ1v) is 8.44. The van der Waals surface area contributed by atoms with Crippen molar-refractivity contribution in [3.8, 4) is 0 Å². The smallest absolute Gasteiger partial charge is 0.270 e. The van der Waals surface area contributed by atoms with Crippen LogP contribution in [0.3, 0.4) is 0 Å². The molecule has 0 radical (unpaired) electrons. The van der Waals surface area contributed by atoms with Gasteiger partial charge in [0.05, 0.1) is 15.1 Å². The summed E-state index contributed by atoms with van der Waals surface area (Å²) in [6, 6.07) is 4.80. The summed E-state index contributed by atoms with van der Waals surface area (Å²) in [6.07, 6.45) is 2.62. The van der Waals surface area contributed by atoms with Crippen molar-refractivity contribution in [3.05, 3.63) is 28.3 Å². The molecule has 6 nitrogen and oxygen atoms in total. The number of nitrogens with zero attached hydrogens (tertiary/aromatic N) is 3. The minimum absolute atomic E-state index is 0.116. The molecule has 0 bridgehead atoms. The van der Waals surface area contributed by atoms with Gasteiger partial charge in [-0.1, -0.05) is 18.3 Å². The second-order valence-corrected chi connectivity index (χ2v) is 6.93. The van der Waals surface area contributed by atoms with Crippen LogP contribution in [-0.4, -0.2) is 41.0 Å². The van der Waals surface area contributed by atoms with Gasteiger partial charge in [0.25, 0.3) is 5.69 Å². The van der Waals surface area contributed by atoms with E-state index in [-0.39, 0.29) is 10.6 Å². The van der Waals surface area contributed by atoms with E-state index < -0.39 is 0 Å². The number of anilines is 1. The molecule has 1 unspecified atom stereocenters. The highest BCUT2D eigenvalue weighted by Gasteiger charge is 2.15. The number of piperidine rings is 1. The molecule has 2 heterocycles. The number of benzene rings is 1. The SMILES string of the molecule is CC1CCCN(CCNc2nc3ccc([N+](=O)[O-])cc3s2)C1. The maximum absolute atomic E-state index is 10.8. The zero-order chi connectivity index (χ0) is 15.5. The van der Waals surface area contributed by atoms with Crippen molar-refractivity contribution < 1.29 is 4.92 Å². The molecule has 1 fully saturated rings. The minimum Gasteiger partial charge on any atom is -0.360 e. The first-order chi connectivity index (χ1) is 10.6. The monoisotopic (exact) mass is 320 g/mol. The number of aromatic nitrogens is 1. The van der Waals surface area contributed by atoms with Crippen LogP contribution in [0.25, 0.3) is 10.2 Å². The van der Waals surface area contributed by atoms with Gasteiger partial charge >= 0.3 is 0 Å². The van der Waals surface area contributed by atoms with Crippen LogP contribution in [0.4, 0.5) is 10.8 Å². The number of non-ortho nitro benzene ring substituents is 1. The van der Waals surface area contributed by atoms with Gasteiger partial charge in [-0.15, -0.1) is 0 Å². The predicted octanol–water partition coefficient (Wildman–Crippen LogP) is 3.35. The quantitative estimate of drug-likeness (QED) is 0.675. The van der Waals surface area contributed by atoms with Gasteiger partial charge < -0.3 is 10.2 Å². The predicted molar refractivity (Wildman–Crippen MR) is 89.6 cm³/mol. The molecule has 22 heavy (non-hydrogen) atoms. The van der Waals surface area contributed by atoms with E-state index in [1.54, 1.807) is 12.1 Å². The second-order valence-electron chi connectivity index (χ2n) is 5.90. The third-order valence-corrected chi connectivity index (χ3v) is 5.00. The second kappa shape index (κ2) is 6.58. The van der Waals surface area contributed by atoms with Crippen LogP contribution in [0.5, 0.6) is 0 Å². The van der Waals surface area contributed by atoms with E-state index in [0.717, 1.165) is 34.4 Å². The largest absolute Gasteiger partial charge is 0.360 e. The molecule has 2 aromatic rings. The normalized spacial score (nSPS) is 19.4. The number of hydrogen-bond donors (Lipinski definition) is 1. The van der Waals surface area contributed by atoms with Crippen molar-refractivity contribution >= 4 is 32.4 Å². The summed E-state index contributed by atoms with van der Waals surface area (Å²) in [6.45, 7) is 6.53. The third kappa shape index (κ3) is 3.53.